The lowest BCUT2D eigenvalue weighted by Gasteiger charge is -2.10. The van der Waals surface area contributed by atoms with Crippen molar-refractivity contribution in [3.8, 4) is 0 Å². The molecule has 6 heteroatoms. The summed E-state index contributed by atoms with van der Waals surface area (Å²) in [7, 11) is 1.58. The van der Waals surface area contributed by atoms with E-state index in [9.17, 15) is 5.11 Å². The third-order valence-electron chi connectivity index (χ3n) is 2.40. The number of ether oxygens (including phenoxy) is 1. The number of hydrogen-bond acceptors (Lipinski definition) is 5. The third-order valence-corrected chi connectivity index (χ3v) is 2.40. The van der Waals surface area contributed by atoms with E-state index >= 15 is 0 Å². The summed E-state index contributed by atoms with van der Waals surface area (Å²) in [5, 5.41) is 16.7. The number of anilines is 1. The van der Waals surface area contributed by atoms with Gasteiger partial charge in [0.2, 0.25) is 0 Å². The zero-order valence-electron chi connectivity index (χ0n) is 9.71. The van der Waals surface area contributed by atoms with Crippen LogP contribution in [0.5, 0.6) is 0 Å². The van der Waals surface area contributed by atoms with Gasteiger partial charge in [0, 0.05) is 25.9 Å². The Morgan fingerprint density at radius 1 is 1.53 bits per heavy atom. The monoisotopic (exact) mass is 236 g/mol. The first kappa shape index (κ1) is 11.8. The molecule has 0 saturated carbocycles. The number of nitrogens with one attached hydrogen (secondary N) is 1. The maximum atomic E-state index is 9.47. The number of aliphatic hydroxyl groups excluding tert-OH is 1. The molecule has 0 aromatic carbocycles. The molecule has 0 radical (unpaired) electrons. The van der Waals surface area contributed by atoms with Crippen molar-refractivity contribution in [2.24, 2.45) is 0 Å². The van der Waals surface area contributed by atoms with E-state index in [-0.39, 0.29) is 0 Å². The van der Waals surface area contributed by atoms with Crippen molar-refractivity contribution in [1.29, 1.82) is 0 Å². The average Bonchev–Trinajstić information content (AvgIpc) is 2.76. The Labute approximate surface area is 99.2 Å². The Morgan fingerprint density at radius 2 is 2.41 bits per heavy atom. The van der Waals surface area contributed by atoms with Crippen molar-refractivity contribution < 1.29 is 9.84 Å². The quantitative estimate of drug-likeness (QED) is 0.766. The molecule has 0 aliphatic rings. The van der Waals surface area contributed by atoms with Crippen molar-refractivity contribution in [3.63, 3.8) is 0 Å². The molecule has 6 nitrogen and oxygen atoms in total. The lowest BCUT2D eigenvalue weighted by atomic mass is 10.2. The molecule has 0 amide bonds. The van der Waals surface area contributed by atoms with E-state index in [0.717, 1.165) is 11.5 Å². The molecular weight excluding hydrogens is 220 g/mol. The highest BCUT2D eigenvalue weighted by molar-refractivity contribution is 5.45. The lowest BCUT2D eigenvalue weighted by Crippen LogP contribution is -2.18. The molecule has 1 atom stereocenters. The van der Waals surface area contributed by atoms with E-state index in [1.165, 1.54) is 0 Å². The van der Waals surface area contributed by atoms with Crippen molar-refractivity contribution >= 4 is 11.5 Å². The van der Waals surface area contributed by atoms with Crippen LogP contribution in [-0.2, 0) is 4.74 Å². The van der Waals surface area contributed by atoms with Gasteiger partial charge in [-0.25, -0.2) is 9.50 Å². The zero-order chi connectivity index (χ0) is 12.1. The Kier molecular flexibility index (Phi) is 3.89. The van der Waals surface area contributed by atoms with E-state index in [1.807, 2.05) is 18.3 Å². The lowest BCUT2D eigenvalue weighted by molar-refractivity contribution is 0.0615. The van der Waals surface area contributed by atoms with Crippen molar-refractivity contribution in [1.82, 2.24) is 14.6 Å². The van der Waals surface area contributed by atoms with Gasteiger partial charge in [0.1, 0.15) is 5.82 Å². The molecule has 0 spiro atoms. The van der Waals surface area contributed by atoms with Gasteiger partial charge in [-0.2, -0.15) is 5.10 Å². The summed E-state index contributed by atoms with van der Waals surface area (Å²) in [6, 6.07) is 3.69. The van der Waals surface area contributed by atoms with Gasteiger partial charge in [0.05, 0.1) is 18.9 Å². The van der Waals surface area contributed by atoms with Gasteiger partial charge in [-0.1, -0.05) is 0 Å². The van der Waals surface area contributed by atoms with Crippen LogP contribution in [-0.4, -0.2) is 46.1 Å². The molecule has 92 valence electrons. The highest BCUT2D eigenvalue weighted by Crippen LogP contribution is 2.06. The fourth-order valence-electron chi connectivity index (χ4n) is 1.55. The van der Waals surface area contributed by atoms with Crippen molar-refractivity contribution in [2.45, 2.75) is 12.5 Å². The van der Waals surface area contributed by atoms with Crippen LogP contribution in [0.2, 0.25) is 0 Å². The normalized spacial score (nSPS) is 12.8. The first-order valence-corrected chi connectivity index (χ1v) is 5.51. The number of aromatic nitrogens is 3. The van der Waals surface area contributed by atoms with Crippen molar-refractivity contribution in [3.05, 3.63) is 24.5 Å². The first-order chi connectivity index (χ1) is 8.29. The molecule has 1 unspecified atom stereocenters. The molecular formula is C11H16N4O2. The van der Waals surface area contributed by atoms with Crippen LogP contribution in [0.3, 0.4) is 0 Å². The number of fused-ring (bicyclic) bond motifs is 1. The predicted octanol–water partition coefficient (Wildman–Crippen LogP) is 0.539. The Balaban J connectivity index is 1.86. The van der Waals surface area contributed by atoms with Crippen molar-refractivity contribution in [2.75, 3.05) is 25.6 Å². The highest BCUT2D eigenvalue weighted by atomic mass is 16.5. The van der Waals surface area contributed by atoms with Gasteiger partial charge in [-0.3, -0.25) is 0 Å². The van der Waals surface area contributed by atoms with Crippen LogP contribution in [0.1, 0.15) is 6.42 Å². The molecule has 0 bridgehead atoms. The summed E-state index contributed by atoms with van der Waals surface area (Å²) in [6.45, 7) is 1.01. The van der Waals surface area contributed by atoms with Crippen LogP contribution in [0.25, 0.3) is 5.65 Å². The Bertz CT molecular complexity index is 471. The van der Waals surface area contributed by atoms with Gasteiger partial charge >= 0.3 is 0 Å². The molecule has 0 aliphatic carbocycles. The maximum Gasteiger partial charge on any atom is 0.157 e. The molecule has 0 fully saturated rings. The number of rotatable bonds is 6. The minimum Gasteiger partial charge on any atom is -0.391 e. The predicted molar refractivity (Wildman–Crippen MR) is 64.0 cm³/mol. The van der Waals surface area contributed by atoms with E-state index in [2.05, 4.69) is 15.4 Å². The molecule has 17 heavy (non-hydrogen) atoms. The molecule has 0 aliphatic heterocycles. The SMILES string of the molecule is COCC(O)CCNc1ccn2nccc2n1. The van der Waals surface area contributed by atoms with E-state index in [4.69, 9.17) is 4.74 Å². The second kappa shape index (κ2) is 5.60. The molecule has 2 aromatic heterocycles. The summed E-state index contributed by atoms with van der Waals surface area (Å²) in [5.41, 5.74) is 0.799. The van der Waals surface area contributed by atoms with Crippen LogP contribution >= 0.6 is 0 Å². The van der Waals surface area contributed by atoms with Crippen LogP contribution < -0.4 is 5.32 Å². The molecule has 2 heterocycles. The third kappa shape index (κ3) is 3.15. The van der Waals surface area contributed by atoms with Gasteiger partial charge in [-0.15, -0.1) is 0 Å². The molecule has 0 saturated heterocycles. The van der Waals surface area contributed by atoms with Gasteiger partial charge in [0.25, 0.3) is 0 Å². The van der Waals surface area contributed by atoms with Crippen LogP contribution in [0.15, 0.2) is 24.5 Å². The fraction of sp³-hybridized carbons (Fsp3) is 0.455. The Morgan fingerprint density at radius 3 is 3.24 bits per heavy atom. The first-order valence-electron chi connectivity index (χ1n) is 5.51. The van der Waals surface area contributed by atoms with Crippen LogP contribution in [0.4, 0.5) is 5.82 Å². The van der Waals surface area contributed by atoms with Gasteiger partial charge < -0.3 is 15.2 Å². The summed E-state index contributed by atoms with van der Waals surface area (Å²) in [5.74, 6) is 0.780. The molecule has 2 N–H and O–H groups in total. The standard InChI is InChI=1S/C11H16N4O2/c1-17-8-9(16)2-5-12-10-4-7-15-11(14-10)3-6-13-15/h3-4,6-7,9,16H,2,5,8H2,1H3,(H,12,14). The smallest absolute Gasteiger partial charge is 0.157 e. The highest BCUT2D eigenvalue weighted by Gasteiger charge is 2.03. The molecule has 2 aromatic rings. The van der Waals surface area contributed by atoms with Crippen LogP contribution in [0, 0.1) is 0 Å². The van der Waals surface area contributed by atoms with Gasteiger partial charge in [-0.05, 0) is 12.5 Å². The van der Waals surface area contributed by atoms with E-state index in [0.29, 0.717) is 19.6 Å². The average molecular weight is 236 g/mol. The largest absolute Gasteiger partial charge is 0.391 e. The Hall–Kier alpha value is -1.66. The summed E-state index contributed by atoms with van der Waals surface area (Å²) < 4.78 is 6.55. The number of methoxy groups -OCH3 is 1. The van der Waals surface area contributed by atoms with Gasteiger partial charge in [0.15, 0.2) is 5.65 Å². The topological polar surface area (TPSA) is 71.7 Å². The second-order valence-electron chi connectivity index (χ2n) is 3.77. The minimum absolute atomic E-state index is 0.358. The summed E-state index contributed by atoms with van der Waals surface area (Å²) in [6.07, 6.45) is 3.73. The molecule has 2 rings (SSSR count). The minimum atomic E-state index is -0.439. The number of nitrogens with zero attached hydrogens (tertiary/aromatic N) is 3. The summed E-state index contributed by atoms with van der Waals surface area (Å²) in [4.78, 5) is 4.35. The number of aliphatic hydroxyl groups is 1. The number of hydrogen-bond donors (Lipinski definition) is 2. The van der Waals surface area contributed by atoms with E-state index < -0.39 is 6.10 Å². The summed E-state index contributed by atoms with van der Waals surface area (Å²) >= 11 is 0. The zero-order valence-corrected chi connectivity index (χ0v) is 9.71. The second-order valence-corrected chi connectivity index (χ2v) is 3.77. The fourth-order valence-corrected chi connectivity index (χ4v) is 1.55. The van der Waals surface area contributed by atoms with E-state index in [1.54, 1.807) is 17.8 Å². The maximum absolute atomic E-state index is 9.47.